The van der Waals surface area contributed by atoms with Gasteiger partial charge >= 0.3 is 0 Å². The smallest absolute Gasteiger partial charge is 0.300 e. The van der Waals surface area contributed by atoms with Crippen molar-refractivity contribution in [2.45, 2.75) is 19.9 Å². The second-order valence-electron chi connectivity index (χ2n) is 9.00. The van der Waals surface area contributed by atoms with E-state index >= 15 is 0 Å². The second-order valence-corrected chi connectivity index (χ2v) is 9.00. The van der Waals surface area contributed by atoms with Gasteiger partial charge in [-0.3, -0.25) is 24.0 Å². The molecule has 4 aromatic rings. The highest BCUT2D eigenvalue weighted by Crippen LogP contribution is 2.42. The molecule has 7 nitrogen and oxygen atoms in total. The van der Waals surface area contributed by atoms with Crippen LogP contribution >= 0.6 is 0 Å². The van der Waals surface area contributed by atoms with Crippen LogP contribution < -0.4 is 10.5 Å². The van der Waals surface area contributed by atoms with Gasteiger partial charge in [0.05, 0.1) is 23.0 Å². The van der Waals surface area contributed by atoms with E-state index in [9.17, 15) is 23.9 Å². The zero-order chi connectivity index (χ0) is 26.4. The molecule has 1 aromatic heterocycles. The first-order valence-corrected chi connectivity index (χ1v) is 11.7. The number of rotatable bonds is 4. The van der Waals surface area contributed by atoms with E-state index in [2.05, 4.69) is 0 Å². The molecule has 0 aliphatic carbocycles. The van der Waals surface area contributed by atoms with Crippen molar-refractivity contribution in [3.8, 4) is 5.69 Å². The van der Waals surface area contributed by atoms with Crippen LogP contribution in [0.25, 0.3) is 11.4 Å². The summed E-state index contributed by atoms with van der Waals surface area (Å²) in [5.74, 6) is -2.75. The van der Waals surface area contributed by atoms with Crippen molar-refractivity contribution in [2.75, 3.05) is 4.90 Å². The fraction of sp³-hybridized carbons (Fsp3) is 0.138. The Labute approximate surface area is 212 Å². The number of aliphatic hydroxyl groups is 1. The lowest BCUT2D eigenvalue weighted by Crippen LogP contribution is -2.34. The lowest BCUT2D eigenvalue weighted by atomic mass is 9.95. The standard InChI is InChI=1S/C29H24FN3O4/c1-17-9-11-20(12-10-17)26(34)23-25(19-13-15-21(30)16-14-19)32(29(37)27(23)35)24-18(2)31(3)33(28(24)36)22-7-5-4-6-8-22/h4-16,25,34H,1-3H3/t25-/m1/s1. The summed E-state index contributed by atoms with van der Waals surface area (Å²) >= 11 is 0. The van der Waals surface area contributed by atoms with E-state index in [0.717, 1.165) is 10.5 Å². The third kappa shape index (κ3) is 3.87. The summed E-state index contributed by atoms with van der Waals surface area (Å²) in [5, 5.41) is 11.2. The van der Waals surface area contributed by atoms with Crippen LogP contribution in [0.15, 0.2) is 89.2 Å². The number of anilines is 1. The molecule has 1 N–H and O–H groups in total. The molecule has 2 heterocycles. The van der Waals surface area contributed by atoms with Crippen molar-refractivity contribution in [3.63, 3.8) is 0 Å². The van der Waals surface area contributed by atoms with E-state index in [-0.39, 0.29) is 17.0 Å². The Kier molecular flexibility index (Phi) is 5.87. The van der Waals surface area contributed by atoms with Gasteiger partial charge in [-0.2, -0.15) is 0 Å². The summed E-state index contributed by atoms with van der Waals surface area (Å²) in [6.07, 6.45) is 0. The minimum absolute atomic E-state index is 0.00531. The number of carbonyl (C=O) groups excluding carboxylic acids is 2. The monoisotopic (exact) mass is 497 g/mol. The first-order chi connectivity index (χ1) is 17.7. The largest absolute Gasteiger partial charge is 0.507 e. The molecule has 5 rings (SSSR count). The first kappa shape index (κ1) is 24.0. The van der Waals surface area contributed by atoms with E-state index in [0.29, 0.717) is 22.5 Å². The number of Topliss-reactive ketones (excluding diaryl/α,β-unsaturated/α-hetero) is 1. The highest BCUT2D eigenvalue weighted by Gasteiger charge is 2.49. The van der Waals surface area contributed by atoms with Gasteiger partial charge in [-0.05, 0) is 43.7 Å². The molecular weight excluding hydrogens is 473 g/mol. The number of nitrogens with zero attached hydrogens (tertiary/aromatic N) is 3. The predicted octanol–water partition coefficient (Wildman–Crippen LogP) is 4.56. The fourth-order valence-electron chi connectivity index (χ4n) is 4.72. The number of halogens is 1. The van der Waals surface area contributed by atoms with Gasteiger partial charge < -0.3 is 5.11 Å². The van der Waals surface area contributed by atoms with Gasteiger partial charge in [0.2, 0.25) is 0 Å². The van der Waals surface area contributed by atoms with E-state index < -0.39 is 29.1 Å². The molecule has 3 aromatic carbocycles. The van der Waals surface area contributed by atoms with Crippen LogP contribution in [-0.4, -0.2) is 26.2 Å². The summed E-state index contributed by atoms with van der Waals surface area (Å²) in [6.45, 7) is 3.56. The topological polar surface area (TPSA) is 84.5 Å². The number of benzene rings is 3. The van der Waals surface area contributed by atoms with Crippen LogP contribution in [-0.2, 0) is 16.6 Å². The summed E-state index contributed by atoms with van der Waals surface area (Å²) in [5.41, 5.74) is 2.03. The van der Waals surface area contributed by atoms with Crippen molar-refractivity contribution < 1.29 is 19.1 Å². The molecular formula is C29H24FN3O4. The third-order valence-electron chi connectivity index (χ3n) is 6.72. The highest BCUT2D eigenvalue weighted by atomic mass is 19.1. The molecule has 1 aliphatic heterocycles. The van der Waals surface area contributed by atoms with Gasteiger partial charge in [-0.1, -0.05) is 60.2 Å². The maximum absolute atomic E-state index is 13.8. The highest BCUT2D eigenvalue weighted by molar-refractivity contribution is 6.51. The molecule has 186 valence electrons. The third-order valence-corrected chi connectivity index (χ3v) is 6.72. The molecule has 0 spiro atoms. The lowest BCUT2D eigenvalue weighted by Gasteiger charge is -2.24. The molecule has 1 saturated heterocycles. The van der Waals surface area contributed by atoms with Crippen molar-refractivity contribution in [3.05, 3.63) is 123 Å². The number of carbonyl (C=O) groups is 2. The van der Waals surface area contributed by atoms with Crippen LogP contribution in [0.4, 0.5) is 10.1 Å². The fourth-order valence-corrected chi connectivity index (χ4v) is 4.72. The Morgan fingerprint density at radius 1 is 0.865 bits per heavy atom. The zero-order valence-electron chi connectivity index (χ0n) is 20.5. The van der Waals surface area contributed by atoms with E-state index in [1.165, 1.54) is 28.9 Å². The number of hydrogen-bond acceptors (Lipinski definition) is 4. The zero-order valence-corrected chi connectivity index (χ0v) is 20.5. The number of para-hydroxylation sites is 1. The second kappa shape index (κ2) is 9.05. The number of hydrogen-bond donors (Lipinski definition) is 1. The Hall–Kier alpha value is -4.72. The number of ketones is 1. The summed E-state index contributed by atoms with van der Waals surface area (Å²) in [6, 6.07) is 19.9. The Bertz CT molecular complexity index is 1610. The predicted molar refractivity (Wildman–Crippen MR) is 138 cm³/mol. The molecule has 1 fully saturated rings. The van der Waals surface area contributed by atoms with Crippen molar-refractivity contribution in [1.29, 1.82) is 0 Å². The molecule has 0 radical (unpaired) electrons. The maximum Gasteiger partial charge on any atom is 0.300 e. The van der Waals surface area contributed by atoms with Crippen molar-refractivity contribution >= 4 is 23.1 Å². The van der Waals surface area contributed by atoms with E-state index in [1.54, 1.807) is 67.2 Å². The van der Waals surface area contributed by atoms with Crippen molar-refractivity contribution in [1.82, 2.24) is 9.36 Å². The van der Waals surface area contributed by atoms with Crippen molar-refractivity contribution in [2.24, 2.45) is 7.05 Å². The maximum atomic E-state index is 13.8. The number of amides is 1. The van der Waals surface area contributed by atoms with Crippen LogP contribution in [0.2, 0.25) is 0 Å². The summed E-state index contributed by atoms with van der Waals surface area (Å²) in [7, 11) is 1.68. The Morgan fingerprint density at radius 3 is 2.11 bits per heavy atom. The lowest BCUT2D eigenvalue weighted by molar-refractivity contribution is -0.132. The van der Waals surface area contributed by atoms with Crippen LogP contribution in [0.1, 0.15) is 28.4 Å². The molecule has 1 aliphatic rings. The Balaban J connectivity index is 1.78. The van der Waals surface area contributed by atoms with Crippen LogP contribution in [0.3, 0.4) is 0 Å². The minimum atomic E-state index is -1.14. The number of aromatic nitrogens is 2. The molecule has 1 atom stereocenters. The quantitative estimate of drug-likeness (QED) is 0.255. The number of aliphatic hydroxyl groups excluding tert-OH is 1. The molecule has 0 unspecified atom stereocenters. The Morgan fingerprint density at radius 2 is 1.49 bits per heavy atom. The summed E-state index contributed by atoms with van der Waals surface area (Å²) in [4.78, 5) is 41.8. The van der Waals surface area contributed by atoms with Gasteiger partial charge in [0, 0.05) is 12.6 Å². The SMILES string of the molecule is Cc1ccc(C(O)=C2C(=O)C(=O)N(c3c(C)n(C)n(-c4ccccc4)c3=O)[C@@H]2c2ccc(F)cc2)cc1. The van der Waals surface area contributed by atoms with Crippen LogP contribution in [0, 0.1) is 19.7 Å². The van der Waals surface area contributed by atoms with E-state index in [4.69, 9.17) is 0 Å². The summed E-state index contributed by atoms with van der Waals surface area (Å²) < 4.78 is 16.8. The van der Waals surface area contributed by atoms with Gasteiger partial charge in [-0.15, -0.1) is 0 Å². The average Bonchev–Trinajstić information content (AvgIpc) is 3.28. The average molecular weight is 498 g/mol. The van der Waals surface area contributed by atoms with Gasteiger partial charge in [-0.25, -0.2) is 9.07 Å². The molecule has 37 heavy (non-hydrogen) atoms. The molecule has 1 amide bonds. The van der Waals surface area contributed by atoms with Crippen LogP contribution in [0.5, 0.6) is 0 Å². The molecule has 0 saturated carbocycles. The van der Waals surface area contributed by atoms with E-state index in [1.807, 2.05) is 13.0 Å². The molecule has 0 bridgehead atoms. The minimum Gasteiger partial charge on any atom is -0.507 e. The number of aryl methyl sites for hydroxylation is 1. The van der Waals surface area contributed by atoms with Gasteiger partial charge in [0.25, 0.3) is 17.2 Å². The van der Waals surface area contributed by atoms with Gasteiger partial charge in [0.1, 0.15) is 17.3 Å². The first-order valence-electron chi connectivity index (χ1n) is 11.7. The normalized spacial score (nSPS) is 17.0. The molecule has 8 heteroatoms. The van der Waals surface area contributed by atoms with Gasteiger partial charge in [0.15, 0.2) is 0 Å².